The molecule has 7 nitrogen and oxygen atoms in total. The van der Waals surface area contributed by atoms with Gasteiger partial charge in [0.05, 0.1) is 6.20 Å². The van der Waals surface area contributed by atoms with Gasteiger partial charge in [-0.05, 0) is 25.0 Å². The molecule has 1 fully saturated rings. The Balaban J connectivity index is 0.00000160. The summed E-state index contributed by atoms with van der Waals surface area (Å²) >= 11 is 0. The minimum absolute atomic E-state index is 0. The first-order valence-electron chi connectivity index (χ1n) is 8.35. The lowest BCUT2D eigenvalue weighted by molar-refractivity contribution is -0.139. The molecule has 4 rings (SSSR count). The van der Waals surface area contributed by atoms with E-state index in [0.29, 0.717) is 29.4 Å². The molecule has 0 radical (unpaired) electrons. The van der Waals surface area contributed by atoms with Crippen molar-refractivity contribution in [3.63, 3.8) is 0 Å². The van der Waals surface area contributed by atoms with Crippen LogP contribution in [0.15, 0.2) is 30.7 Å². The number of pyridine rings is 1. The number of halogens is 4. The number of amides is 1. The average Bonchev–Trinajstić information content (AvgIpc) is 3.30. The van der Waals surface area contributed by atoms with Gasteiger partial charge >= 0.3 is 6.18 Å². The lowest BCUT2D eigenvalue weighted by Gasteiger charge is -2.18. The van der Waals surface area contributed by atoms with E-state index in [9.17, 15) is 22.4 Å². The zero-order chi connectivity index (χ0) is 19.9. The summed E-state index contributed by atoms with van der Waals surface area (Å²) in [6, 6.07) is 2.80. The monoisotopic (exact) mass is 400 g/mol. The second-order valence-corrected chi connectivity index (χ2v) is 6.52. The number of aromatic nitrogens is 4. The second kappa shape index (κ2) is 6.43. The van der Waals surface area contributed by atoms with Gasteiger partial charge in [-0.1, -0.05) is 0 Å². The maximum absolute atomic E-state index is 13.5. The molecule has 0 spiro atoms. The number of nitrogens with zero attached hydrogens (tertiary/aromatic N) is 3. The van der Waals surface area contributed by atoms with E-state index in [0.717, 1.165) is 6.20 Å². The first-order chi connectivity index (χ1) is 13.3. The molecular weight excluding hydrogens is 380 g/mol. The number of carbonyl (C=O) groups is 1. The Kier molecular flexibility index (Phi) is 4.16. The third-order valence-electron chi connectivity index (χ3n) is 4.40. The number of hydrogen-bond donors (Lipinski definition) is 3. The van der Waals surface area contributed by atoms with E-state index in [4.69, 9.17) is 0 Å². The normalized spacial score (nSPS) is 15.4. The predicted molar refractivity (Wildman–Crippen MR) is 98.1 cm³/mol. The van der Waals surface area contributed by atoms with Gasteiger partial charge in [0.15, 0.2) is 5.82 Å². The largest absolute Gasteiger partial charge is 0.405 e. The predicted octanol–water partition coefficient (Wildman–Crippen LogP) is 3.52. The molecule has 1 aliphatic rings. The van der Waals surface area contributed by atoms with Crippen LogP contribution in [-0.4, -0.2) is 44.1 Å². The van der Waals surface area contributed by atoms with Crippen molar-refractivity contribution in [2.75, 3.05) is 11.9 Å². The lowest BCUT2D eigenvalue weighted by Crippen LogP contribution is -2.45. The molecule has 0 atom stereocenters. The van der Waals surface area contributed by atoms with Gasteiger partial charge in [-0.3, -0.25) is 4.79 Å². The van der Waals surface area contributed by atoms with Gasteiger partial charge in [0.25, 0.3) is 0 Å². The first kappa shape index (κ1) is 18.1. The molecule has 1 aliphatic carbocycles. The third-order valence-corrected chi connectivity index (χ3v) is 4.40. The fourth-order valence-corrected chi connectivity index (χ4v) is 2.85. The molecule has 3 N–H and O–H groups in total. The maximum Gasteiger partial charge on any atom is 0.405 e. The fourth-order valence-electron chi connectivity index (χ4n) is 2.85. The van der Waals surface area contributed by atoms with Crippen LogP contribution < -0.4 is 10.6 Å². The molecule has 0 aromatic carbocycles. The maximum atomic E-state index is 13.5. The highest BCUT2D eigenvalue weighted by Crippen LogP contribution is 2.39. The number of alkyl halides is 3. The van der Waals surface area contributed by atoms with Crippen LogP contribution in [0.1, 0.15) is 17.1 Å². The highest BCUT2D eigenvalue weighted by molar-refractivity contribution is 5.93. The SMILES string of the molecule is O=C(NCC(F)(F)F)C1(Nc2ccnc(-c3c[nH]c4ncc(F)cc34)n2)CC1.[HH].[HH].[HH]. The molecule has 0 saturated heterocycles. The summed E-state index contributed by atoms with van der Waals surface area (Å²) in [5, 5.41) is 5.28. The number of rotatable bonds is 5. The molecule has 1 amide bonds. The zero-order valence-electron chi connectivity index (χ0n) is 14.3. The van der Waals surface area contributed by atoms with Crippen LogP contribution in [0.2, 0.25) is 0 Å². The molecule has 3 aromatic rings. The van der Waals surface area contributed by atoms with E-state index in [-0.39, 0.29) is 15.9 Å². The van der Waals surface area contributed by atoms with Gasteiger partial charge in [0.2, 0.25) is 5.91 Å². The van der Waals surface area contributed by atoms with E-state index in [1.54, 1.807) is 6.20 Å². The van der Waals surface area contributed by atoms with Crippen LogP contribution in [0.3, 0.4) is 0 Å². The molecule has 152 valence electrons. The van der Waals surface area contributed by atoms with Crippen LogP contribution in [0.4, 0.5) is 23.4 Å². The number of carbonyl (C=O) groups excluding carboxylic acids is 1. The highest BCUT2D eigenvalue weighted by atomic mass is 19.4. The van der Waals surface area contributed by atoms with Gasteiger partial charge in [0, 0.05) is 27.6 Å². The van der Waals surface area contributed by atoms with Gasteiger partial charge in [-0.25, -0.2) is 19.3 Å². The number of fused-ring (bicyclic) bond motifs is 1. The first-order valence-corrected chi connectivity index (χ1v) is 8.35. The van der Waals surface area contributed by atoms with Gasteiger partial charge in [0.1, 0.15) is 29.4 Å². The smallest absolute Gasteiger partial charge is 0.356 e. The lowest BCUT2D eigenvalue weighted by atomic mass is 10.2. The number of H-pyrrole nitrogens is 1. The standard InChI is InChI=1S/C17H14F4N6O.3H2/c18-9-5-10-11(7-24-13(10)23-6-9)14-22-4-1-12(26-14)27-16(2-3-16)15(28)25-8-17(19,20)21;;;/h1,4-7H,2-3,8H2,(H,23,24)(H,25,28)(H,22,26,27);3*1H. The molecule has 1 saturated carbocycles. The minimum Gasteiger partial charge on any atom is -0.356 e. The van der Waals surface area contributed by atoms with Crippen molar-refractivity contribution < 1.29 is 26.6 Å². The summed E-state index contributed by atoms with van der Waals surface area (Å²) in [6.45, 7) is -1.39. The molecule has 0 aliphatic heterocycles. The summed E-state index contributed by atoms with van der Waals surface area (Å²) in [4.78, 5) is 27.4. The summed E-state index contributed by atoms with van der Waals surface area (Å²) in [5.41, 5.74) is -0.148. The van der Waals surface area contributed by atoms with E-state index >= 15 is 0 Å². The van der Waals surface area contributed by atoms with Gasteiger partial charge in [-0.2, -0.15) is 13.2 Å². The Morgan fingerprint density at radius 2 is 2.11 bits per heavy atom. The molecule has 3 heterocycles. The van der Waals surface area contributed by atoms with Crippen molar-refractivity contribution in [1.29, 1.82) is 0 Å². The third kappa shape index (κ3) is 3.59. The summed E-state index contributed by atoms with van der Waals surface area (Å²) in [7, 11) is 0. The van der Waals surface area contributed by atoms with Crippen molar-refractivity contribution in [1.82, 2.24) is 25.3 Å². The molecule has 0 bridgehead atoms. The fraction of sp³-hybridized carbons (Fsp3) is 0.294. The minimum atomic E-state index is -4.48. The number of aromatic amines is 1. The Morgan fingerprint density at radius 3 is 2.82 bits per heavy atom. The van der Waals surface area contributed by atoms with Crippen LogP contribution in [-0.2, 0) is 4.79 Å². The zero-order valence-corrected chi connectivity index (χ0v) is 14.3. The van der Waals surface area contributed by atoms with Crippen molar-refractivity contribution in [3.05, 3.63) is 36.5 Å². The Bertz CT molecular complexity index is 1060. The molecular formula is C17H20F4N6O. The second-order valence-electron chi connectivity index (χ2n) is 6.52. The summed E-state index contributed by atoms with van der Waals surface area (Å²) < 4.78 is 50.5. The van der Waals surface area contributed by atoms with Crippen molar-refractivity contribution >= 4 is 22.8 Å². The topological polar surface area (TPSA) is 95.6 Å². The van der Waals surface area contributed by atoms with Gasteiger partial charge in [-0.15, -0.1) is 0 Å². The number of nitrogens with one attached hydrogen (secondary N) is 3. The molecule has 3 aromatic heterocycles. The Labute approximate surface area is 160 Å². The van der Waals surface area contributed by atoms with E-state index < -0.39 is 30.0 Å². The summed E-state index contributed by atoms with van der Waals surface area (Å²) in [6.07, 6.45) is 0.403. The Hall–Kier alpha value is -3.24. The van der Waals surface area contributed by atoms with E-state index in [2.05, 4.69) is 25.3 Å². The quantitative estimate of drug-likeness (QED) is 0.570. The van der Waals surface area contributed by atoms with Crippen molar-refractivity contribution in [3.8, 4) is 11.4 Å². The van der Waals surface area contributed by atoms with Crippen LogP contribution in [0.25, 0.3) is 22.4 Å². The highest BCUT2D eigenvalue weighted by Gasteiger charge is 2.51. The van der Waals surface area contributed by atoms with Crippen molar-refractivity contribution in [2.24, 2.45) is 0 Å². The van der Waals surface area contributed by atoms with Crippen LogP contribution in [0.5, 0.6) is 0 Å². The van der Waals surface area contributed by atoms with E-state index in [1.165, 1.54) is 18.3 Å². The number of hydrogen-bond acceptors (Lipinski definition) is 5. The van der Waals surface area contributed by atoms with Gasteiger partial charge < -0.3 is 15.6 Å². The molecule has 28 heavy (non-hydrogen) atoms. The van der Waals surface area contributed by atoms with Crippen molar-refractivity contribution in [2.45, 2.75) is 24.6 Å². The number of anilines is 1. The molecule has 11 heteroatoms. The van der Waals surface area contributed by atoms with Crippen LogP contribution >= 0.6 is 0 Å². The van der Waals surface area contributed by atoms with Crippen LogP contribution in [0, 0.1) is 5.82 Å². The van der Waals surface area contributed by atoms with E-state index in [1.807, 2.05) is 5.32 Å². The molecule has 0 unspecified atom stereocenters. The summed E-state index contributed by atoms with van der Waals surface area (Å²) in [5.74, 6) is -0.706. The Morgan fingerprint density at radius 1 is 1.32 bits per heavy atom. The average molecular weight is 400 g/mol.